The van der Waals surface area contributed by atoms with Crippen molar-refractivity contribution in [3.8, 4) is 0 Å². The van der Waals surface area contributed by atoms with Crippen molar-refractivity contribution >= 4 is 43.4 Å². The van der Waals surface area contributed by atoms with E-state index in [1.807, 2.05) is 0 Å². The average Bonchev–Trinajstić information content (AvgIpc) is 2.08. The number of rotatable bonds is 4. The minimum atomic E-state index is -3.36. The summed E-state index contributed by atoms with van der Waals surface area (Å²) in [5.74, 6) is 0.233. The quantitative estimate of drug-likeness (QED) is 0.863. The largest absolute Gasteiger partial charge is 0.267 e. The first kappa shape index (κ1) is 11.7. The van der Waals surface area contributed by atoms with Gasteiger partial charge in [-0.25, -0.2) is 13.4 Å². The SMILES string of the molecule is O=S(=O)(CCCl)Nc1ccc(Br)cn1. The summed E-state index contributed by atoms with van der Waals surface area (Å²) in [6.07, 6.45) is 1.51. The summed E-state index contributed by atoms with van der Waals surface area (Å²) in [6, 6.07) is 3.27. The zero-order valence-electron chi connectivity index (χ0n) is 7.07. The highest BCUT2D eigenvalue weighted by Gasteiger charge is 2.09. The summed E-state index contributed by atoms with van der Waals surface area (Å²) in [4.78, 5) is 3.87. The van der Waals surface area contributed by atoms with Gasteiger partial charge in [-0.15, -0.1) is 11.6 Å². The lowest BCUT2D eigenvalue weighted by atomic mass is 10.5. The number of nitrogens with one attached hydrogen (secondary N) is 1. The van der Waals surface area contributed by atoms with Gasteiger partial charge >= 0.3 is 0 Å². The van der Waals surface area contributed by atoms with Gasteiger partial charge in [0.15, 0.2) is 0 Å². The van der Waals surface area contributed by atoms with Crippen LogP contribution in [-0.2, 0) is 10.0 Å². The van der Waals surface area contributed by atoms with E-state index in [9.17, 15) is 8.42 Å². The van der Waals surface area contributed by atoms with E-state index in [2.05, 4.69) is 25.6 Å². The summed E-state index contributed by atoms with van der Waals surface area (Å²) in [5.41, 5.74) is 0. The number of hydrogen-bond donors (Lipinski definition) is 1. The topological polar surface area (TPSA) is 59.1 Å². The molecule has 0 aliphatic heterocycles. The van der Waals surface area contributed by atoms with Crippen molar-refractivity contribution in [3.05, 3.63) is 22.8 Å². The van der Waals surface area contributed by atoms with Gasteiger partial charge in [-0.3, -0.25) is 4.72 Å². The average molecular weight is 300 g/mol. The van der Waals surface area contributed by atoms with Gasteiger partial charge in [0.05, 0.1) is 5.75 Å². The summed E-state index contributed by atoms with van der Waals surface area (Å²) in [5, 5.41) is 0. The lowest BCUT2D eigenvalue weighted by Crippen LogP contribution is -2.18. The molecule has 4 nitrogen and oxygen atoms in total. The van der Waals surface area contributed by atoms with E-state index in [0.717, 1.165) is 4.47 Å². The first-order valence-electron chi connectivity index (χ1n) is 3.71. The maximum atomic E-state index is 11.2. The Bertz CT molecular complexity index is 393. The highest BCUT2D eigenvalue weighted by atomic mass is 79.9. The molecule has 1 aromatic rings. The highest BCUT2D eigenvalue weighted by molar-refractivity contribution is 9.10. The Balaban J connectivity index is 2.74. The van der Waals surface area contributed by atoms with Crippen LogP contribution in [0.5, 0.6) is 0 Å². The van der Waals surface area contributed by atoms with Gasteiger partial charge < -0.3 is 0 Å². The van der Waals surface area contributed by atoms with Gasteiger partial charge in [0, 0.05) is 16.5 Å². The van der Waals surface area contributed by atoms with Crippen LogP contribution in [0.4, 0.5) is 5.82 Å². The molecule has 0 aliphatic rings. The highest BCUT2D eigenvalue weighted by Crippen LogP contribution is 2.11. The Hall–Kier alpha value is -0.330. The molecule has 0 amide bonds. The van der Waals surface area contributed by atoms with Crippen molar-refractivity contribution in [3.63, 3.8) is 0 Å². The van der Waals surface area contributed by atoms with Gasteiger partial charge in [0.2, 0.25) is 10.0 Å². The molecule has 0 aromatic carbocycles. The van der Waals surface area contributed by atoms with E-state index in [-0.39, 0.29) is 11.6 Å². The smallest absolute Gasteiger partial charge is 0.235 e. The van der Waals surface area contributed by atoms with Crippen molar-refractivity contribution < 1.29 is 8.42 Å². The molecular formula is C7H8BrClN2O2S. The van der Waals surface area contributed by atoms with Crippen molar-refractivity contribution in [2.75, 3.05) is 16.4 Å². The van der Waals surface area contributed by atoms with Crippen LogP contribution in [-0.4, -0.2) is 25.0 Å². The molecule has 0 radical (unpaired) electrons. The molecule has 0 unspecified atom stereocenters. The second-order valence-corrected chi connectivity index (χ2v) is 5.61. The van der Waals surface area contributed by atoms with Gasteiger partial charge in [-0.2, -0.15) is 0 Å². The van der Waals surface area contributed by atoms with Crippen LogP contribution < -0.4 is 4.72 Å². The van der Waals surface area contributed by atoms with Crippen LogP contribution >= 0.6 is 27.5 Å². The van der Waals surface area contributed by atoms with E-state index >= 15 is 0 Å². The number of pyridine rings is 1. The molecule has 14 heavy (non-hydrogen) atoms. The first-order chi connectivity index (χ1) is 6.53. The van der Waals surface area contributed by atoms with E-state index in [0.29, 0.717) is 5.82 Å². The predicted molar refractivity (Wildman–Crippen MR) is 60.1 cm³/mol. The van der Waals surface area contributed by atoms with Gasteiger partial charge in [0.25, 0.3) is 0 Å². The molecule has 1 aromatic heterocycles. The lowest BCUT2D eigenvalue weighted by Gasteiger charge is -2.04. The van der Waals surface area contributed by atoms with Gasteiger partial charge in [0.1, 0.15) is 5.82 Å². The van der Waals surface area contributed by atoms with E-state index in [1.54, 1.807) is 12.1 Å². The number of halogens is 2. The normalized spacial score (nSPS) is 11.3. The van der Waals surface area contributed by atoms with E-state index in [1.165, 1.54) is 6.20 Å². The lowest BCUT2D eigenvalue weighted by molar-refractivity contribution is 0.602. The van der Waals surface area contributed by atoms with Crippen LogP contribution in [0.25, 0.3) is 0 Å². The molecule has 0 saturated carbocycles. The standard InChI is InChI=1S/C7H8BrClN2O2S/c8-6-1-2-7(10-5-6)11-14(12,13)4-3-9/h1-2,5H,3-4H2,(H,10,11). The maximum Gasteiger partial charge on any atom is 0.235 e. The number of aromatic nitrogens is 1. The maximum absolute atomic E-state index is 11.2. The van der Waals surface area contributed by atoms with Crippen molar-refractivity contribution in [2.24, 2.45) is 0 Å². The Labute approximate surface area is 95.9 Å². The third kappa shape index (κ3) is 3.81. The molecule has 7 heteroatoms. The predicted octanol–water partition coefficient (Wildman–Crippen LogP) is 1.82. The zero-order chi connectivity index (χ0) is 10.6. The Morgan fingerprint density at radius 2 is 2.21 bits per heavy atom. The fraction of sp³-hybridized carbons (Fsp3) is 0.286. The molecule has 0 aliphatic carbocycles. The number of nitrogens with zero attached hydrogens (tertiary/aromatic N) is 1. The minimum Gasteiger partial charge on any atom is -0.267 e. The molecular weight excluding hydrogens is 292 g/mol. The minimum absolute atomic E-state index is 0.0614. The molecule has 1 heterocycles. The molecule has 1 N–H and O–H groups in total. The molecule has 1 rings (SSSR count). The van der Waals surface area contributed by atoms with Crippen LogP contribution in [0.2, 0.25) is 0 Å². The second-order valence-electron chi connectivity index (χ2n) is 2.47. The molecule has 0 fully saturated rings. The number of hydrogen-bond acceptors (Lipinski definition) is 3. The van der Waals surface area contributed by atoms with Crippen molar-refractivity contribution in [1.29, 1.82) is 0 Å². The summed E-state index contributed by atoms with van der Waals surface area (Å²) in [6.45, 7) is 0. The number of sulfonamides is 1. The van der Waals surface area contributed by atoms with Gasteiger partial charge in [-0.1, -0.05) is 0 Å². The molecule has 0 saturated heterocycles. The van der Waals surface area contributed by atoms with Crippen LogP contribution in [0, 0.1) is 0 Å². The van der Waals surface area contributed by atoms with Crippen molar-refractivity contribution in [2.45, 2.75) is 0 Å². The molecule has 0 atom stereocenters. The molecule has 78 valence electrons. The number of anilines is 1. The summed E-state index contributed by atoms with van der Waals surface area (Å²) >= 11 is 8.53. The first-order valence-corrected chi connectivity index (χ1v) is 6.69. The Kier molecular flexibility index (Phi) is 4.15. The Morgan fingerprint density at radius 3 is 2.71 bits per heavy atom. The summed E-state index contributed by atoms with van der Waals surface area (Å²) in [7, 11) is -3.36. The number of alkyl halides is 1. The fourth-order valence-electron chi connectivity index (χ4n) is 0.748. The van der Waals surface area contributed by atoms with E-state index in [4.69, 9.17) is 11.6 Å². The van der Waals surface area contributed by atoms with Gasteiger partial charge in [-0.05, 0) is 28.1 Å². The zero-order valence-corrected chi connectivity index (χ0v) is 10.2. The third-order valence-corrected chi connectivity index (χ3v) is 3.48. The monoisotopic (exact) mass is 298 g/mol. The molecule has 0 bridgehead atoms. The fourth-order valence-corrected chi connectivity index (χ4v) is 2.34. The van der Waals surface area contributed by atoms with Crippen LogP contribution in [0.3, 0.4) is 0 Å². The summed E-state index contributed by atoms with van der Waals surface area (Å²) < 4.78 is 25.6. The third-order valence-electron chi connectivity index (χ3n) is 1.33. The second kappa shape index (κ2) is 4.95. The Morgan fingerprint density at radius 1 is 1.50 bits per heavy atom. The van der Waals surface area contributed by atoms with Crippen molar-refractivity contribution in [1.82, 2.24) is 4.98 Å². The van der Waals surface area contributed by atoms with E-state index < -0.39 is 10.0 Å². The van der Waals surface area contributed by atoms with Crippen LogP contribution in [0.15, 0.2) is 22.8 Å². The van der Waals surface area contributed by atoms with Crippen LogP contribution in [0.1, 0.15) is 0 Å². The molecule has 0 spiro atoms.